The first kappa shape index (κ1) is 24.0. The van der Waals surface area contributed by atoms with Crippen LogP contribution >= 0.6 is 11.6 Å². The lowest BCUT2D eigenvalue weighted by atomic mass is 10.1. The Labute approximate surface area is 190 Å². The average Bonchev–Trinajstić information content (AvgIpc) is 3.34. The number of likely N-dealkylation sites (N-methyl/N-ethyl adjacent to an activating group) is 1. The summed E-state index contributed by atoms with van der Waals surface area (Å²) in [5.41, 5.74) is 1.57. The van der Waals surface area contributed by atoms with Crippen molar-refractivity contribution in [2.24, 2.45) is 0 Å². The van der Waals surface area contributed by atoms with Crippen LogP contribution < -0.4 is 5.32 Å². The Hall–Kier alpha value is -1.64. The van der Waals surface area contributed by atoms with Gasteiger partial charge in [-0.2, -0.15) is 0 Å². The van der Waals surface area contributed by atoms with Crippen molar-refractivity contribution in [3.05, 3.63) is 28.8 Å². The highest BCUT2D eigenvalue weighted by Crippen LogP contribution is 2.29. The minimum Gasteiger partial charge on any atom is -0.335 e. The molecule has 1 aliphatic carbocycles. The second kappa shape index (κ2) is 10.3. The Morgan fingerprint density at radius 2 is 1.84 bits per heavy atom. The first-order valence-electron chi connectivity index (χ1n) is 11.0. The lowest BCUT2D eigenvalue weighted by Gasteiger charge is -2.35. The normalized spacial score (nSPS) is 20.8. The molecule has 2 fully saturated rings. The second-order valence-electron chi connectivity index (χ2n) is 8.61. The summed E-state index contributed by atoms with van der Waals surface area (Å²) >= 11 is 6.03. The van der Waals surface area contributed by atoms with Crippen LogP contribution in [0.5, 0.6) is 0 Å². The van der Waals surface area contributed by atoms with E-state index in [1.807, 2.05) is 24.8 Å². The van der Waals surface area contributed by atoms with Gasteiger partial charge in [0.05, 0.1) is 24.6 Å². The summed E-state index contributed by atoms with van der Waals surface area (Å²) in [5.74, 6) is -0.0957. The second-order valence-corrected chi connectivity index (χ2v) is 11.3. The van der Waals surface area contributed by atoms with Crippen LogP contribution in [0.4, 0.5) is 5.69 Å². The van der Waals surface area contributed by atoms with Gasteiger partial charge in [-0.1, -0.05) is 37.4 Å². The lowest BCUT2D eigenvalue weighted by molar-refractivity contribution is -0.137. The van der Waals surface area contributed by atoms with Gasteiger partial charge in [0.25, 0.3) is 0 Å². The van der Waals surface area contributed by atoms with E-state index in [1.54, 1.807) is 17.0 Å². The Morgan fingerprint density at radius 3 is 2.45 bits per heavy atom. The van der Waals surface area contributed by atoms with Gasteiger partial charge in [-0.25, -0.2) is 8.42 Å². The van der Waals surface area contributed by atoms with Crippen molar-refractivity contribution in [3.8, 4) is 0 Å². The number of nitrogens with one attached hydrogen (secondary N) is 1. The summed E-state index contributed by atoms with van der Waals surface area (Å²) in [5, 5.41) is 3.41. The van der Waals surface area contributed by atoms with E-state index in [1.165, 1.54) is 0 Å². The number of benzene rings is 1. The predicted molar refractivity (Wildman–Crippen MR) is 123 cm³/mol. The summed E-state index contributed by atoms with van der Waals surface area (Å²) in [6.45, 7) is 4.52. The molecule has 0 bridgehead atoms. The maximum absolute atomic E-state index is 13.3. The van der Waals surface area contributed by atoms with Gasteiger partial charge in [0.2, 0.25) is 11.8 Å². The highest BCUT2D eigenvalue weighted by Gasteiger charge is 2.39. The average molecular weight is 470 g/mol. The van der Waals surface area contributed by atoms with Crippen LogP contribution in [0.3, 0.4) is 0 Å². The van der Waals surface area contributed by atoms with Gasteiger partial charge in [-0.15, -0.1) is 0 Å². The molecule has 0 spiro atoms. The Kier molecular flexibility index (Phi) is 7.99. The van der Waals surface area contributed by atoms with Gasteiger partial charge in [0, 0.05) is 22.8 Å². The monoisotopic (exact) mass is 469 g/mol. The number of carbonyl (C=O) groups excluding carboxylic acids is 2. The molecule has 1 unspecified atom stereocenters. The molecule has 31 heavy (non-hydrogen) atoms. The number of hydrogen-bond donors (Lipinski definition) is 1. The molecule has 172 valence electrons. The standard InChI is InChI=1S/C22H32ClN3O4S/c1-3-25(13-21(27)24-20-12-17(23)9-8-16(20)2)14-22(28)26(18-6-4-5-7-18)19-10-11-31(29,30)15-19/h8-9,12,18-19H,3-7,10-11,13-15H2,1-2H3,(H,24,27). The maximum Gasteiger partial charge on any atom is 0.238 e. The van der Waals surface area contributed by atoms with E-state index in [-0.39, 0.29) is 48.5 Å². The summed E-state index contributed by atoms with van der Waals surface area (Å²) in [6.07, 6.45) is 4.47. The molecule has 3 rings (SSSR count). The summed E-state index contributed by atoms with van der Waals surface area (Å²) in [4.78, 5) is 29.5. The molecule has 9 heteroatoms. The van der Waals surface area contributed by atoms with Crippen molar-refractivity contribution < 1.29 is 18.0 Å². The molecule has 1 aliphatic heterocycles. The SMILES string of the molecule is CCN(CC(=O)Nc1cc(Cl)ccc1C)CC(=O)N(C1CCCC1)C1CCS(=O)(=O)C1. The number of carbonyl (C=O) groups is 2. The largest absolute Gasteiger partial charge is 0.335 e. The molecule has 1 saturated carbocycles. The molecule has 7 nitrogen and oxygen atoms in total. The molecule has 1 atom stereocenters. The van der Waals surface area contributed by atoms with Crippen molar-refractivity contribution >= 4 is 38.9 Å². The molecule has 1 saturated heterocycles. The van der Waals surface area contributed by atoms with Crippen molar-refractivity contribution in [2.75, 3.05) is 36.5 Å². The molecule has 0 radical (unpaired) electrons. The predicted octanol–water partition coefficient (Wildman–Crippen LogP) is 2.87. The maximum atomic E-state index is 13.3. The molecular formula is C22H32ClN3O4S. The fraction of sp³-hybridized carbons (Fsp3) is 0.636. The van der Waals surface area contributed by atoms with Crippen molar-refractivity contribution in [2.45, 2.75) is 58.0 Å². The molecule has 2 amide bonds. The quantitative estimate of drug-likeness (QED) is 0.632. The fourth-order valence-corrected chi connectivity index (χ4v) is 6.44. The number of aryl methyl sites for hydroxylation is 1. The van der Waals surface area contributed by atoms with Crippen molar-refractivity contribution in [1.82, 2.24) is 9.80 Å². The van der Waals surface area contributed by atoms with Gasteiger partial charge in [-0.3, -0.25) is 14.5 Å². The smallest absolute Gasteiger partial charge is 0.238 e. The Balaban J connectivity index is 1.64. The van der Waals surface area contributed by atoms with E-state index in [0.29, 0.717) is 23.7 Å². The molecule has 2 aliphatic rings. The minimum atomic E-state index is -3.08. The number of halogens is 1. The van der Waals surface area contributed by atoms with Crippen molar-refractivity contribution in [3.63, 3.8) is 0 Å². The zero-order valence-corrected chi connectivity index (χ0v) is 19.8. The summed E-state index contributed by atoms with van der Waals surface area (Å²) < 4.78 is 24.0. The zero-order valence-electron chi connectivity index (χ0n) is 18.3. The van der Waals surface area contributed by atoms with Crippen molar-refractivity contribution in [1.29, 1.82) is 0 Å². The number of hydrogen-bond acceptors (Lipinski definition) is 5. The van der Waals surface area contributed by atoms with Gasteiger partial charge in [0.15, 0.2) is 9.84 Å². The highest BCUT2D eigenvalue weighted by atomic mass is 35.5. The molecule has 0 aromatic heterocycles. The van der Waals surface area contributed by atoms with E-state index in [2.05, 4.69) is 5.32 Å². The first-order valence-corrected chi connectivity index (χ1v) is 13.2. The highest BCUT2D eigenvalue weighted by molar-refractivity contribution is 7.91. The summed E-state index contributed by atoms with van der Waals surface area (Å²) in [7, 11) is -3.08. The van der Waals surface area contributed by atoms with Crippen LogP contribution in [0.15, 0.2) is 18.2 Å². The van der Waals surface area contributed by atoms with Gasteiger partial charge < -0.3 is 10.2 Å². The van der Waals surface area contributed by atoms with E-state index >= 15 is 0 Å². The molecule has 1 heterocycles. The van der Waals surface area contributed by atoms with Crippen LogP contribution in [-0.2, 0) is 19.4 Å². The van der Waals surface area contributed by atoms with Gasteiger partial charge in [0.1, 0.15) is 0 Å². The van der Waals surface area contributed by atoms with E-state index < -0.39 is 9.84 Å². The molecule has 1 N–H and O–H groups in total. The zero-order chi connectivity index (χ0) is 22.6. The van der Waals surface area contributed by atoms with E-state index in [9.17, 15) is 18.0 Å². The number of anilines is 1. The van der Waals surface area contributed by atoms with Crippen LogP contribution in [0.1, 0.15) is 44.6 Å². The van der Waals surface area contributed by atoms with E-state index in [0.717, 1.165) is 31.2 Å². The lowest BCUT2D eigenvalue weighted by Crippen LogP contribution is -2.51. The fourth-order valence-electron chi connectivity index (χ4n) is 4.56. The Morgan fingerprint density at radius 1 is 1.13 bits per heavy atom. The number of rotatable bonds is 8. The van der Waals surface area contributed by atoms with E-state index in [4.69, 9.17) is 11.6 Å². The van der Waals surface area contributed by atoms with Gasteiger partial charge in [-0.05, 0) is 50.4 Å². The Bertz CT molecular complexity index is 915. The van der Waals surface area contributed by atoms with Crippen LogP contribution in [-0.4, -0.2) is 73.3 Å². The molecule has 1 aromatic carbocycles. The number of amides is 2. The van der Waals surface area contributed by atoms with Crippen LogP contribution in [0, 0.1) is 6.92 Å². The van der Waals surface area contributed by atoms with Crippen LogP contribution in [0.25, 0.3) is 0 Å². The summed E-state index contributed by atoms with van der Waals surface area (Å²) in [6, 6.07) is 5.17. The van der Waals surface area contributed by atoms with Gasteiger partial charge >= 0.3 is 0 Å². The minimum absolute atomic E-state index is 0.0515. The third-order valence-electron chi connectivity index (χ3n) is 6.25. The van der Waals surface area contributed by atoms with Crippen LogP contribution in [0.2, 0.25) is 5.02 Å². The third-order valence-corrected chi connectivity index (χ3v) is 8.24. The molecular weight excluding hydrogens is 438 g/mol. The topological polar surface area (TPSA) is 86.8 Å². The third kappa shape index (κ3) is 6.43. The number of nitrogens with zero attached hydrogens (tertiary/aromatic N) is 2. The molecule has 1 aromatic rings. The number of sulfone groups is 1. The first-order chi connectivity index (χ1) is 14.7.